The third-order valence-corrected chi connectivity index (χ3v) is 2.87. The topological polar surface area (TPSA) is 84.9 Å². The minimum atomic E-state index is -0.653. The molecule has 0 radical (unpaired) electrons. The van der Waals surface area contributed by atoms with Crippen molar-refractivity contribution in [1.82, 2.24) is 10.4 Å². The van der Waals surface area contributed by atoms with Gasteiger partial charge in [0.1, 0.15) is 5.60 Å². The lowest BCUT2D eigenvalue weighted by atomic mass is 10.0. The van der Waals surface area contributed by atoms with Crippen molar-refractivity contribution in [3.8, 4) is 0 Å². The quantitative estimate of drug-likeness (QED) is 0.786. The van der Waals surface area contributed by atoms with Gasteiger partial charge < -0.3 is 9.47 Å². The van der Waals surface area contributed by atoms with Crippen LogP contribution in [-0.2, 0) is 19.1 Å². The maximum absolute atomic E-state index is 12.0. The Kier molecular flexibility index (Phi) is 5.35. The van der Waals surface area contributed by atoms with Crippen LogP contribution in [0.15, 0.2) is 0 Å². The molecule has 7 heteroatoms. The molecule has 0 aromatic rings. The van der Waals surface area contributed by atoms with Gasteiger partial charge in [-0.1, -0.05) is 0 Å². The lowest BCUT2D eigenvalue weighted by Gasteiger charge is -2.23. The Morgan fingerprint density at radius 1 is 1.40 bits per heavy atom. The molecule has 1 unspecified atom stereocenters. The summed E-state index contributed by atoms with van der Waals surface area (Å²) < 4.78 is 9.62. The minimum absolute atomic E-state index is 0.195. The Labute approximate surface area is 118 Å². The van der Waals surface area contributed by atoms with Crippen LogP contribution in [0.25, 0.3) is 0 Å². The standard InChI is InChI=1S/C13H22N2O5/c1-13(2,3)20-12(18)14-15-8-7-9(11(15)17)5-6-10(16)19-4/h9H,5-8H2,1-4H3,(H,14,18). The summed E-state index contributed by atoms with van der Waals surface area (Å²) in [6.45, 7) is 5.66. The highest BCUT2D eigenvalue weighted by molar-refractivity contribution is 5.83. The predicted octanol–water partition coefficient (Wildman–Crippen LogP) is 1.23. The van der Waals surface area contributed by atoms with Crippen molar-refractivity contribution in [2.24, 2.45) is 5.92 Å². The van der Waals surface area contributed by atoms with Crippen LogP contribution in [0.5, 0.6) is 0 Å². The van der Waals surface area contributed by atoms with Gasteiger partial charge in [0.05, 0.1) is 7.11 Å². The van der Waals surface area contributed by atoms with Gasteiger partial charge in [0.15, 0.2) is 0 Å². The van der Waals surface area contributed by atoms with E-state index < -0.39 is 11.7 Å². The van der Waals surface area contributed by atoms with Gasteiger partial charge in [0.25, 0.3) is 0 Å². The van der Waals surface area contributed by atoms with Crippen molar-refractivity contribution in [3.63, 3.8) is 0 Å². The second-order valence-electron chi connectivity index (χ2n) is 5.70. The Morgan fingerprint density at radius 2 is 2.05 bits per heavy atom. The van der Waals surface area contributed by atoms with Crippen LogP contribution in [0.4, 0.5) is 4.79 Å². The minimum Gasteiger partial charge on any atom is -0.469 e. The molecule has 0 aromatic carbocycles. The molecule has 1 fully saturated rings. The number of carbonyl (C=O) groups is 3. The van der Waals surface area contributed by atoms with Gasteiger partial charge >= 0.3 is 12.1 Å². The molecule has 20 heavy (non-hydrogen) atoms. The highest BCUT2D eigenvalue weighted by Crippen LogP contribution is 2.21. The first-order valence-corrected chi connectivity index (χ1v) is 6.61. The van der Waals surface area contributed by atoms with E-state index in [4.69, 9.17) is 4.74 Å². The zero-order chi connectivity index (χ0) is 15.3. The fourth-order valence-corrected chi connectivity index (χ4v) is 1.92. The lowest BCUT2D eigenvalue weighted by Crippen LogP contribution is -2.46. The van der Waals surface area contributed by atoms with Gasteiger partial charge in [-0.15, -0.1) is 0 Å². The number of ether oxygens (including phenoxy) is 2. The lowest BCUT2D eigenvalue weighted by molar-refractivity contribution is -0.141. The maximum Gasteiger partial charge on any atom is 0.426 e. The van der Waals surface area contributed by atoms with Crippen molar-refractivity contribution < 1.29 is 23.9 Å². The highest BCUT2D eigenvalue weighted by Gasteiger charge is 2.33. The van der Waals surface area contributed by atoms with E-state index in [-0.39, 0.29) is 24.2 Å². The average molecular weight is 286 g/mol. The van der Waals surface area contributed by atoms with Gasteiger partial charge in [0, 0.05) is 18.9 Å². The van der Waals surface area contributed by atoms with Crippen LogP contribution in [-0.4, -0.2) is 42.2 Å². The first-order chi connectivity index (χ1) is 9.23. The van der Waals surface area contributed by atoms with Crippen LogP contribution in [0.1, 0.15) is 40.0 Å². The Morgan fingerprint density at radius 3 is 2.60 bits per heavy atom. The molecule has 114 valence electrons. The van der Waals surface area contributed by atoms with E-state index >= 15 is 0 Å². The highest BCUT2D eigenvalue weighted by atomic mass is 16.6. The summed E-state index contributed by atoms with van der Waals surface area (Å²) in [5.74, 6) is -0.792. The zero-order valence-electron chi connectivity index (χ0n) is 12.4. The molecule has 0 saturated carbocycles. The number of esters is 1. The Bertz CT molecular complexity index is 389. The molecule has 1 N–H and O–H groups in total. The molecule has 1 aliphatic heterocycles. The Hall–Kier alpha value is -1.79. The van der Waals surface area contributed by atoms with Crippen molar-refractivity contribution in [1.29, 1.82) is 0 Å². The molecule has 1 saturated heterocycles. The molecular weight excluding hydrogens is 264 g/mol. The van der Waals surface area contributed by atoms with Crippen molar-refractivity contribution in [3.05, 3.63) is 0 Å². The molecule has 1 aliphatic rings. The first-order valence-electron chi connectivity index (χ1n) is 6.61. The van der Waals surface area contributed by atoms with Crippen molar-refractivity contribution in [2.75, 3.05) is 13.7 Å². The van der Waals surface area contributed by atoms with Crippen LogP contribution in [0, 0.1) is 5.92 Å². The smallest absolute Gasteiger partial charge is 0.426 e. The number of rotatable bonds is 4. The molecule has 1 rings (SSSR count). The molecule has 7 nitrogen and oxygen atoms in total. The number of methoxy groups -OCH3 is 1. The molecule has 0 spiro atoms. The number of amides is 2. The molecule has 0 aliphatic carbocycles. The summed E-state index contributed by atoms with van der Waals surface area (Å²) in [7, 11) is 1.31. The van der Waals surface area contributed by atoms with Crippen LogP contribution >= 0.6 is 0 Å². The second-order valence-corrected chi connectivity index (χ2v) is 5.70. The monoisotopic (exact) mass is 286 g/mol. The number of hydrogen-bond donors (Lipinski definition) is 1. The summed E-state index contributed by atoms with van der Waals surface area (Å²) in [5.41, 5.74) is 1.81. The first kappa shape index (κ1) is 16.3. The average Bonchev–Trinajstić information content (AvgIpc) is 2.65. The third kappa shape index (κ3) is 5.07. The molecule has 0 aromatic heterocycles. The molecule has 1 atom stereocenters. The van der Waals surface area contributed by atoms with Crippen molar-refractivity contribution >= 4 is 18.0 Å². The number of nitrogens with zero attached hydrogens (tertiary/aromatic N) is 1. The molecule has 0 bridgehead atoms. The third-order valence-electron chi connectivity index (χ3n) is 2.87. The molecule has 2 amide bonds. The summed E-state index contributed by atoms with van der Waals surface area (Å²) >= 11 is 0. The van der Waals surface area contributed by atoms with Gasteiger partial charge in [-0.25, -0.2) is 10.2 Å². The number of hydrazine groups is 1. The fraction of sp³-hybridized carbons (Fsp3) is 0.769. The normalized spacial score (nSPS) is 18.9. The SMILES string of the molecule is COC(=O)CCC1CCN(NC(=O)OC(C)(C)C)C1=O. The summed E-state index contributed by atoms with van der Waals surface area (Å²) in [5, 5.41) is 1.25. The van der Waals surface area contributed by atoms with E-state index in [9.17, 15) is 14.4 Å². The van der Waals surface area contributed by atoms with Gasteiger partial charge in [-0.05, 0) is 33.6 Å². The summed E-state index contributed by atoms with van der Waals surface area (Å²) in [6, 6.07) is 0. The maximum atomic E-state index is 12.0. The van der Waals surface area contributed by atoms with E-state index in [1.807, 2.05) is 0 Å². The second kappa shape index (κ2) is 6.58. The van der Waals surface area contributed by atoms with E-state index in [0.29, 0.717) is 19.4 Å². The predicted molar refractivity (Wildman–Crippen MR) is 70.4 cm³/mol. The fourth-order valence-electron chi connectivity index (χ4n) is 1.92. The zero-order valence-corrected chi connectivity index (χ0v) is 12.4. The van der Waals surface area contributed by atoms with Gasteiger partial charge in [-0.3, -0.25) is 14.6 Å². The van der Waals surface area contributed by atoms with Crippen LogP contribution in [0.3, 0.4) is 0 Å². The number of carbonyl (C=O) groups excluding carboxylic acids is 3. The van der Waals surface area contributed by atoms with Crippen LogP contribution in [0.2, 0.25) is 0 Å². The van der Waals surface area contributed by atoms with Crippen molar-refractivity contribution in [2.45, 2.75) is 45.6 Å². The van der Waals surface area contributed by atoms with E-state index in [1.54, 1.807) is 20.8 Å². The number of hydrogen-bond acceptors (Lipinski definition) is 5. The van der Waals surface area contributed by atoms with Gasteiger partial charge in [0.2, 0.25) is 5.91 Å². The van der Waals surface area contributed by atoms with E-state index in [2.05, 4.69) is 10.2 Å². The largest absolute Gasteiger partial charge is 0.469 e. The molecular formula is C13H22N2O5. The number of nitrogens with one attached hydrogen (secondary N) is 1. The Balaban J connectivity index is 2.42. The molecule has 1 heterocycles. The van der Waals surface area contributed by atoms with E-state index in [1.165, 1.54) is 12.1 Å². The van der Waals surface area contributed by atoms with Gasteiger partial charge in [-0.2, -0.15) is 0 Å². The summed E-state index contributed by atoms with van der Waals surface area (Å²) in [4.78, 5) is 34.6. The van der Waals surface area contributed by atoms with E-state index in [0.717, 1.165) is 0 Å². The summed E-state index contributed by atoms with van der Waals surface area (Å²) in [6.07, 6.45) is 0.580. The van der Waals surface area contributed by atoms with Crippen LogP contribution < -0.4 is 5.43 Å².